The van der Waals surface area contributed by atoms with Crippen molar-refractivity contribution in [2.45, 2.75) is 25.8 Å². The van der Waals surface area contributed by atoms with Crippen LogP contribution >= 0.6 is 27.5 Å². The molecule has 17 heavy (non-hydrogen) atoms. The zero-order chi connectivity index (χ0) is 12.8. The second-order valence-corrected chi connectivity index (χ2v) is 4.95. The predicted octanol–water partition coefficient (Wildman–Crippen LogP) is 3.29. The Hall–Kier alpha value is -0.740. The molecule has 0 heterocycles. The van der Waals surface area contributed by atoms with E-state index in [4.69, 9.17) is 11.6 Å². The van der Waals surface area contributed by atoms with Gasteiger partial charge in [-0.1, -0.05) is 6.92 Å². The Morgan fingerprint density at radius 2 is 2.29 bits per heavy atom. The molecule has 0 aromatic heterocycles. The highest BCUT2D eigenvalue weighted by Gasteiger charge is 2.12. The number of benzene rings is 1. The molecule has 1 atom stereocenters. The number of alkyl halides is 1. The van der Waals surface area contributed by atoms with Crippen molar-refractivity contribution >= 4 is 33.4 Å². The number of halogens is 2. The molecule has 0 aliphatic rings. The highest BCUT2D eigenvalue weighted by atomic mass is 79.9. The fourth-order valence-corrected chi connectivity index (χ4v) is 1.94. The van der Waals surface area contributed by atoms with Gasteiger partial charge in [-0.05, 0) is 47.0 Å². The van der Waals surface area contributed by atoms with Crippen molar-refractivity contribution < 1.29 is 9.90 Å². The first-order valence-corrected chi connectivity index (χ1v) is 6.76. The van der Waals surface area contributed by atoms with Crippen LogP contribution in [0.15, 0.2) is 22.7 Å². The van der Waals surface area contributed by atoms with Crippen LogP contribution < -0.4 is 5.32 Å². The van der Waals surface area contributed by atoms with Crippen molar-refractivity contribution in [1.82, 2.24) is 5.32 Å². The molecule has 0 saturated carbocycles. The highest BCUT2D eigenvalue weighted by molar-refractivity contribution is 9.10. The molecule has 1 rings (SSSR count). The van der Waals surface area contributed by atoms with Gasteiger partial charge in [0.25, 0.3) is 5.91 Å². The summed E-state index contributed by atoms with van der Waals surface area (Å²) >= 11 is 8.82. The number of phenolic OH excluding ortho intramolecular Hbond substituents is 1. The summed E-state index contributed by atoms with van der Waals surface area (Å²) in [5.41, 5.74) is 0.443. The van der Waals surface area contributed by atoms with Gasteiger partial charge < -0.3 is 10.4 Å². The molecule has 2 N–H and O–H groups in total. The van der Waals surface area contributed by atoms with E-state index < -0.39 is 0 Å². The van der Waals surface area contributed by atoms with Gasteiger partial charge in [0.1, 0.15) is 5.75 Å². The topological polar surface area (TPSA) is 49.3 Å². The van der Waals surface area contributed by atoms with Crippen molar-refractivity contribution in [2.75, 3.05) is 5.88 Å². The minimum atomic E-state index is -0.190. The van der Waals surface area contributed by atoms with E-state index in [2.05, 4.69) is 21.2 Å². The van der Waals surface area contributed by atoms with Crippen molar-refractivity contribution in [3.63, 3.8) is 0 Å². The quantitative estimate of drug-likeness (QED) is 0.818. The molecular weight excluding hydrogens is 305 g/mol. The van der Waals surface area contributed by atoms with Gasteiger partial charge in [0.05, 0.1) is 4.47 Å². The van der Waals surface area contributed by atoms with Crippen LogP contribution in [-0.2, 0) is 0 Å². The largest absolute Gasteiger partial charge is 0.507 e. The average molecular weight is 321 g/mol. The Kier molecular flexibility index (Phi) is 5.78. The second-order valence-electron chi connectivity index (χ2n) is 3.72. The molecule has 0 radical (unpaired) electrons. The third-order valence-electron chi connectivity index (χ3n) is 2.49. The first-order chi connectivity index (χ1) is 8.08. The molecule has 0 aliphatic carbocycles. The number of carbonyl (C=O) groups excluding carboxylic acids is 1. The molecule has 5 heteroatoms. The Morgan fingerprint density at radius 1 is 1.59 bits per heavy atom. The lowest BCUT2D eigenvalue weighted by Crippen LogP contribution is -2.34. The van der Waals surface area contributed by atoms with E-state index in [1.54, 1.807) is 12.1 Å². The van der Waals surface area contributed by atoms with Crippen LogP contribution in [0.4, 0.5) is 0 Å². The first kappa shape index (κ1) is 14.3. The number of hydrogen-bond donors (Lipinski definition) is 2. The van der Waals surface area contributed by atoms with E-state index in [1.165, 1.54) is 6.07 Å². The first-order valence-electron chi connectivity index (χ1n) is 5.43. The third-order valence-corrected chi connectivity index (χ3v) is 3.38. The molecule has 3 nitrogen and oxygen atoms in total. The van der Waals surface area contributed by atoms with Crippen LogP contribution in [0.1, 0.15) is 30.1 Å². The Morgan fingerprint density at radius 3 is 2.82 bits per heavy atom. The van der Waals surface area contributed by atoms with Gasteiger partial charge >= 0.3 is 0 Å². The van der Waals surface area contributed by atoms with E-state index >= 15 is 0 Å². The monoisotopic (exact) mass is 319 g/mol. The molecule has 1 unspecified atom stereocenters. The fraction of sp³-hybridized carbons (Fsp3) is 0.417. The summed E-state index contributed by atoms with van der Waals surface area (Å²) in [5.74, 6) is 0.387. The van der Waals surface area contributed by atoms with E-state index in [0.29, 0.717) is 15.9 Å². The Bertz CT molecular complexity index is 398. The van der Waals surface area contributed by atoms with E-state index in [0.717, 1.165) is 12.8 Å². The number of hydrogen-bond acceptors (Lipinski definition) is 2. The summed E-state index contributed by atoms with van der Waals surface area (Å²) in [6.07, 6.45) is 1.58. The number of phenols is 1. The van der Waals surface area contributed by atoms with E-state index in [9.17, 15) is 9.90 Å². The minimum absolute atomic E-state index is 0.0584. The molecule has 0 bridgehead atoms. The summed E-state index contributed by atoms with van der Waals surface area (Å²) < 4.78 is 0.571. The lowest BCUT2D eigenvalue weighted by atomic mass is 10.1. The molecule has 1 aromatic rings. The SMILES string of the molecule is CCC(CCCl)NC(=O)c1ccc(Br)c(O)c1. The normalized spacial score (nSPS) is 12.2. The summed E-state index contributed by atoms with van der Waals surface area (Å²) in [4.78, 5) is 11.9. The molecule has 0 saturated heterocycles. The predicted molar refractivity (Wildman–Crippen MR) is 72.7 cm³/mol. The van der Waals surface area contributed by atoms with Crippen molar-refractivity contribution in [3.05, 3.63) is 28.2 Å². The van der Waals surface area contributed by atoms with Crippen LogP contribution in [0.5, 0.6) is 5.75 Å². The van der Waals surface area contributed by atoms with Crippen LogP contribution in [0.25, 0.3) is 0 Å². The summed E-state index contributed by atoms with van der Waals surface area (Å²) in [5, 5.41) is 12.4. The lowest BCUT2D eigenvalue weighted by molar-refractivity contribution is 0.0934. The number of carbonyl (C=O) groups is 1. The smallest absolute Gasteiger partial charge is 0.251 e. The van der Waals surface area contributed by atoms with Crippen LogP contribution in [0.3, 0.4) is 0 Å². The van der Waals surface area contributed by atoms with Gasteiger partial charge in [-0.25, -0.2) is 0 Å². The zero-order valence-electron chi connectivity index (χ0n) is 9.54. The summed E-state index contributed by atoms with van der Waals surface area (Å²) in [7, 11) is 0. The number of rotatable bonds is 5. The van der Waals surface area contributed by atoms with Crippen molar-refractivity contribution in [2.24, 2.45) is 0 Å². The van der Waals surface area contributed by atoms with Gasteiger partial charge in [0, 0.05) is 17.5 Å². The van der Waals surface area contributed by atoms with Gasteiger partial charge in [0.2, 0.25) is 0 Å². The van der Waals surface area contributed by atoms with Crippen molar-refractivity contribution in [3.8, 4) is 5.75 Å². The van der Waals surface area contributed by atoms with Crippen LogP contribution in [0, 0.1) is 0 Å². The maximum absolute atomic E-state index is 11.9. The van der Waals surface area contributed by atoms with E-state index in [1.807, 2.05) is 6.92 Å². The summed E-state index contributed by atoms with van der Waals surface area (Å²) in [6.45, 7) is 2.00. The molecule has 1 amide bonds. The molecule has 94 valence electrons. The zero-order valence-corrected chi connectivity index (χ0v) is 11.9. The van der Waals surface area contributed by atoms with Crippen molar-refractivity contribution in [1.29, 1.82) is 0 Å². The van der Waals surface area contributed by atoms with Crippen LogP contribution in [-0.4, -0.2) is 22.9 Å². The molecule has 0 aliphatic heterocycles. The minimum Gasteiger partial charge on any atom is -0.507 e. The maximum Gasteiger partial charge on any atom is 0.251 e. The molecule has 0 fully saturated rings. The standard InChI is InChI=1S/C12H15BrClNO2/c1-2-9(5-6-14)15-12(17)8-3-4-10(13)11(16)7-8/h3-4,7,9,16H,2,5-6H2,1H3,(H,15,17). The summed E-state index contributed by atoms with van der Waals surface area (Å²) in [6, 6.07) is 4.82. The van der Waals surface area contributed by atoms with Gasteiger partial charge in [-0.2, -0.15) is 0 Å². The maximum atomic E-state index is 11.9. The van der Waals surface area contributed by atoms with Gasteiger partial charge in [-0.3, -0.25) is 4.79 Å². The molecular formula is C12H15BrClNO2. The number of aromatic hydroxyl groups is 1. The third kappa shape index (κ3) is 4.21. The Balaban J connectivity index is 2.72. The lowest BCUT2D eigenvalue weighted by Gasteiger charge is -2.15. The average Bonchev–Trinajstić information content (AvgIpc) is 2.31. The molecule has 0 spiro atoms. The number of amides is 1. The number of nitrogens with one attached hydrogen (secondary N) is 1. The molecule has 1 aromatic carbocycles. The highest BCUT2D eigenvalue weighted by Crippen LogP contribution is 2.24. The second kappa shape index (κ2) is 6.87. The van der Waals surface area contributed by atoms with Gasteiger partial charge in [-0.15, -0.1) is 11.6 Å². The Labute approximate surface area is 114 Å². The van der Waals surface area contributed by atoms with Crippen LogP contribution in [0.2, 0.25) is 0 Å². The fourth-order valence-electron chi connectivity index (χ4n) is 1.43. The van der Waals surface area contributed by atoms with Gasteiger partial charge in [0.15, 0.2) is 0 Å². The van der Waals surface area contributed by atoms with E-state index in [-0.39, 0.29) is 17.7 Å².